The van der Waals surface area contributed by atoms with Crippen molar-refractivity contribution in [3.8, 4) is 11.1 Å². The molecule has 0 unspecified atom stereocenters. The zero-order valence-electron chi connectivity index (χ0n) is 15.8. The fourth-order valence-electron chi connectivity index (χ4n) is 4.18. The van der Waals surface area contributed by atoms with Crippen molar-refractivity contribution in [2.75, 3.05) is 0 Å². The fraction of sp³-hybridized carbons (Fsp3) is 0.250. The van der Waals surface area contributed by atoms with E-state index in [1.165, 1.54) is 16.7 Å². The first-order valence-electron chi connectivity index (χ1n) is 9.29. The van der Waals surface area contributed by atoms with Crippen LogP contribution in [0.2, 0.25) is 0 Å². The monoisotopic (exact) mass is 340 g/mol. The minimum atomic E-state index is 0.339. The molecule has 0 bridgehead atoms. The standard InChI is InChI=1S/C24H24N2/c1-13(2)16-8-6-9-17(14(3)4)21(16)18-12-11-15-7-5-10-19-20(15)22(18)24(26)23(19)25/h5-14,25-26H,1-4H3. The van der Waals surface area contributed by atoms with Crippen LogP contribution in [0.25, 0.3) is 21.9 Å². The molecule has 0 radical (unpaired) electrons. The topological polar surface area (TPSA) is 47.7 Å². The Balaban J connectivity index is 2.15. The summed E-state index contributed by atoms with van der Waals surface area (Å²) in [6.07, 6.45) is 0. The lowest BCUT2D eigenvalue weighted by Gasteiger charge is -2.22. The maximum atomic E-state index is 8.65. The van der Waals surface area contributed by atoms with Gasteiger partial charge in [0, 0.05) is 16.5 Å². The lowest BCUT2D eigenvalue weighted by Crippen LogP contribution is -2.09. The van der Waals surface area contributed by atoms with Crippen molar-refractivity contribution in [2.24, 2.45) is 0 Å². The number of hydrogen-bond donors (Lipinski definition) is 2. The average Bonchev–Trinajstić information content (AvgIpc) is 2.89. The molecule has 2 N–H and O–H groups in total. The Morgan fingerprint density at radius 2 is 1.23 bits per heavy atom. The molecule has 0 aliphatic heterocycles. The first-order valence-corrected chi connectivity index (χ1v) is 9.29. The Labute approximate surface area is 154 Å². The second-order valence-corrected chi connectivity index (χ2v) is 7.76. The van der Waals surface area contributed by atoms with Crippen LogP contribution in [0.4, 0.5) is 0 Å². The Morgan fingerprint density at radius 3 is 1.85 bits per heavy atom. The van der Waals surface area contributed by atoms with Crippen LogP contribution < -0.4 is 0 Å². The predicted molar refractivity (Wildman–Crippen MR) is 111 cm³/mol. The van der Waals surface area contributed by atoms with Gasteiger partial charge in [0.05, 0.1) is 11.4 Å². The first kappa shape index (κ1) is 16.7. The molecule has 3 aromatic rings. The van der Waals surface area contributed by atoms with Crippen LogP contribution in [0.3, 0.4) is 0 Å². The Kier molecular flexibility index (Phi) is 3.80. The highest BCUT2D eigenvalue weighted by molar-refractivity contribution is 6.60. The van der Waals surface area contributed by atoms with Crippen LogP contribution in [0, 0.1) is 10.8 Å². The highest BCUT2D eigenvalue weighted by Gasteiger charge is 2.29. The summed E-state index contributed by atoms with van der Waals surface area (Å²) in [5.74, 6) is 0.800. The third-order valence-corrected chi connectivity index (χ3v) is 5.46. The lowest BCUT2D eigenvalue weighted by atomic mass is 9.82. The zero-order valence-corrected chi connectivity index (χ0v) is 15.8. The van der Waals surface area contributed by atoms with Gasteiger partial charge in [-0.25, -0.2) is 0 Å². The summed E-state index contributed by atoms with van der Waals surface area (Å²) in [4.78, 5) is 0. The van der Waals surface area contributed by atoms with E-state index in [9.17, 15) is 0 Å². The number of rotatable bonds is 3. The molecule has 26 heavy (non-hydrogen) atoms. The Morgan fingerprint density at radius 1 is 0.615 bits per heavy atom. The van der Waals surface area contributed by atoms with Gasteiger partial charge in [0.2, 0.25) is 0 Å². The summed E-state index contributed by atoms with van der Waals surface area (Å²) in [6.45, 7) is 8.90. The molecule has 0 saturated carbocycles. The van der Waals surface area contributed by atoms with E-state index >= 15 is 0 Å². The Hall–Kier alpha value is -2.74. The maximum absolute atomic E-state index is 8.65. The minimum absolute atomic E-state index is 0.339. The van der Waals surface area contributed by atoms with E-state index in [1.807, 2.05) is 12.1 Å². The van der Waals surface area contributed by atoms with E-state index in [-0.39, 0.29) is 0 Å². The molecule has 0 atom stereocenters. The van der Waals surface area contributed by atoms with Crippen molar-refractivity contribution >= 4 is 22.2 Å². The van der Waals surface area contributed by atoms with Crippen LogP contribution >= 0.6 is 0 Å². The highest BCUT2D eigenvalue weighted by atomic mass is 14.6. The van der Waals surface area contributed by atoms with Gasteiger partial charge in [0.25, 0.3) is 0 Å². The molecule has 2 heteroatoms. The summed E-state index contributed by atoms with van der Waals surface area (Å²) in [5.41, 5.74) is 7.49. The molecular weight excluding hydrogens is 316 g/mol. The van der Waals surface area contributed by atoms with Crippen molar-refractivity contribution in [1.82, 2.24) is 0 Å². The number of nitrogens with one attached hydrogen (secondary N) is 2. The summed E-state index contributed by atoms with van der Waals surface area (Å²) >= 11 is 0. The quantitative estimate of drug-likeness (QED) is 0.546. The summed E-state index contributed by atoms with van der Waals surface area (Å²) in [6, 6.07) is 16.9. The molecule has 130 valence electrons. The van der Waals surface area contributed by atoms with E-state index in [1.54, 1.807) is 0 Å². The SMILES string of the molecule is CC(C)c1cccc(C(C)C)c1-c1ccc2cccc3c2c1C(=N)C3=N. The van der Waals surface area contributed by atoms with Gasteiger partial charge in [-0.05, 0) is 39.5 Å². The molecule has 4 rings (SSSR count). The molecular formula is C24H24N2. The van der Waals surface area contributed by atoms with Crippen molar-refractivity contribution in [3.05, 3.63) is 70.8 Å². The maximum Gasteiger partial charge on any atom is 0.0880 e. The molecule has 0 saturated heterocycles. The molecule has 0 amide bonds. The predicted octanol–water partition coefficient (Wildman–Crippen LogP) is 6.50. The van der Waals surface area contributed by atoms with Crippen molar-refractivity contribution in [2.45, 2.75) is 39.5 Å². The van der Waals surface area contributed by atoms with Gasteiger partial charge < -0.3 is 0 Å². The summed E-state index contributed by atoms with van der Waals surface area (Å²) in [7, 11) is 0. The minimum Gasteiger partial charge on any atom is -0.298 e. The molecule has 1 aliphatic rings. The van der Waals surface area contributed by atoms with Gasteiger partial charge in [0.15, 0.2) is 0 Å². The molecule has 0 aromatic heterocycles. The van der Waals surface area contributed by atoms with Gasteiger partial charge in [-0.2, -0.15) is 0 Å². The van der Waals surface area contributed by atoms with Gasteiger partial charge in [-0.3, -0.25) is 10.8 Å². The second kappa shape index (κ2) is 5.91. The Bertz CT molecular complexity index is 1040. The lowest BCUT2D eigenvalue weighted by molar-refractivity contribution is 0.838. The fourth-order valence-corrected chi connectivity index (χ4v) is 4.18. The van der Waals surface area contributed by atoms with Gasteiger partial charge in [-0.15, -0.1) is 0 Å². The summed E-state index contributed by atoms with van der Waals surface area (Å²) < 4.78 is 0. The third kappa shape index (κ3) is 2.25. The van der Waals surface area contributed by atoms with Crippen LogP contribution in [0.1, 0.15) is 61.8 Å². The molecule has 3 aromatic carbocycles. The van der Waals surface area contributed by atoms with E-state index < -0.39 is 0 Å². The van der Waals surface area contributed by atoms with Gasteiger partial charge >= 0.3 is 0 Å². The molecule has 0 heterocycles. The van der Waals surface area contributed by atoms with E-state index in [0.717, 1.165) is 27.5 Å². The number of hydrogen-bond acceptors (Lipinski definition) is 2. The van der Waals surface area contributed by atoms with E-state index in [4.69, 9.17) is 10.8 Å². The zero-order chi connectivity index (χ0) is 18.6. The van der Waals surface area contributed by atoms with Crippen molar-refractivity contribution in [1.29, 1.82) is 10.8 Å². The second-order valence-electron chi connectivity index (χ2n) is 7.76. The largest absolute Gasteiger partial charge is 0.298 e. The van der Waals surface area contributed by atoms with E-state index in [0.29, 0.717) is 23.3 Å². The normalized spacial score (nSPS) is 13.5. The number of benzene rings is 3. The first-order chi connectivity index (χ1) is 12.4. The van der Waals surface area contributed by atoms with Crippen LogP contribution in [0.15, 0.2) is 48.5 Å². The van der Waals surface area contributed by atoms with Crippen LogP contribution in [-0.2, 0) is 0 Å². The van der Waals surface area contributed by atoms with E-state index in [2.05, 4.69) is 64.1 Å². The molecule has 0 spiro atoms. The smallest absolute Gasteiger partial charge is 0.0880 e. The van der Waals surface area contributed by atoms with Gasteiger partial charge in [-0.1, -0.05) is 76.2 Å². The van der Waals surface area contributed by atoms with Crippen molar-refractivity contribution in [3.63, 3.8) is 0 Å². The molecule has 1 aliphatic carbocycles. The van der Waals surface area contributed by atoms with Gasteiger partial charge in [0.1, 0.15) is 0 Å². The molecule has 0 fully saturated rings. The van der Waals surface area contributed by atoms with Crippen LogP contribution in [0.5, 0.6) is 0 Å². The van der Waals surface area contributed by atoms with Crippen molar-refractivity contribution < 1.29 is 0 Å². The summed E-state index contributed by atoms with van der Waals surface area (Å²) in [5, 5.41) is 19.3. The average molecular weight is 340 g/mol. The van der Waals surface area contributed by atoms with Crippen LogP contribution in [-0.4, -0.2) is 11.4 Å². The molecule has 2 nitrogen and oxygen atoms in total. The third-order valence-electron chi connectivity index (χ3n) is 5.46. The highest BCUT2D eigenvalue weighted by Crippen LogP contribution is 2.42.